The molecule has 154 valence electrons. The second kappa shape index (κ2) is 8.14. The fraction of sp³-hybridized carbons (Fsp3) is 0.500. The summed E-state index contributed by atoms with van der Waals surface area (Å²) in [5.74, 6) is 0.418. The van der Waals surface area contributed by atoms with E-state index in [0.717, 1.165) is 46.8 Å². The summed E-state index contributed by atoms with van der Waals surface area (Å²) in [5, 5.41) is 1.00. The molecule has 0 spiro atoms. The van der Waals surface area contributed by atoms with Gasteiger partial charge in [0.25, 0.3) is 5.91 Å². The number of carbonyl (C=O) groups excluding carboxylic acids is 2. The van der Waals surface area contributed by atoms with Gasteiger partial charge in [-0.05, 0) is 44.9 Å². The van der Waals surface area contributed by atoms with E-state index < -0.39 is 0 Å². The van der Waals surface area contributed by atoms with Gasteiger partial charge in [0.15, 0.2) is 6.61 Å². The highest BCUT2D eigenvalue weighted by atomic mass is 32.1. The Morgan fingerprint density at radius 2 is 2.03 bits per heavy atom. The summed E-state index contributed by atoms with van der Waals surface area (Å²) in [6, 6.07) is 6.03. The Morgan fingerprint density at radius 1 is 1.28 bits per heavy atom. The van der Waals surface area contributed by atoms with Crippen LogP contribution in [0.15, 0.2) is 18.2 Å². The lowest BCUT2D eigenvalue weighted by molar-refractivity contribution is -0.133. The molecular formula is C22H27N3O3S. The van der Waals surface area contributed by atoms with Gasteiger partial charge in [-0.25, -0.2) is 4.98 Å². The number of rotatable bonds is 4. The predicted octanol–water partition coefficient (Wildman–Crippen LogP) is 3.94. The number of anilines is 1. The van der Waals surface area contributed by atoms with Crippen LogP contribution in [0.4, 0.5) is 5.69 Å². The maximum atomic E-state index is 13.0. The molecule has 2 aromatic rings. The van der Waals surface area contributed by atoms with Gasteiger partial charge < -0.3 is 9.64 Å². The average molecular weight is 414 g/mol. The number of hydrogen-bond donors (Lipinski definition) is 0. The largest absolute Gasteiger partial charge is 0.482 e. The zero-order valence-electron chi connectivity index (χ0n) is 17.2. The molecule has 0 saturated heterocycles. The quantitative estimate of drug-likeness (QED) is 0.762. The van der Waals surface area contributed by atoms with Gasteiger partial charge in [0.05, 0.1) is 16.4 Å². The second-order valence-electron chi connectivity index (χ2n) is 7.89. The van der Waals surface area contributed by atoms with E-state index in [-0.39, 0.29) is 31.0 Å². The number of nitrogens with zero attached hydrogens (tertiary/aromatic N) is 3. The van der Waals surface area contributed by atoms with Gasteiger partial charge in [0.2, 0.25) is 5.91 Å². The highest BCUT2D eigenvalue weighted by Crippen LogP contribution is 2.37. The van der Waals surface area contributed by atoms with E-state index in [4.69, 9.17) is 4.74 Å². The Morgan fingerprint density at radius 3 is 2.72 bits per heavy atom. The zero-order valence-corrected chi connectivity index (χ0v) is 18.1. The van der Waals surface area contributed by atoms with Gasteiger partial charge in [0.1, 0.15) is 12.3 Å². The van der Waals surface area contributed by atoms with Crippen LogP contribution in [0.2, 0.25) is 0 Å². The van der Waals surface area contributed by atoms with E-state index in [1.54, 1.807) is 16.2 Å². The Balaban J connectivity index is 1.60. The fourth-order valence-electron chi connectivity index (χ4n) is 4.24. The van der Waals surface area contributed by atoms with Crippen molar-refractivity contribution in [1.82, 2.24) is 9.88 Å². The molecule has 4 rings (SSSR count). The minimum atomic E-state index is -0.189. The summed E-state index contributed by atoms with van der Waals surface area (Å²) in [4.78, 5) is 34.7. The minimum absolute atomic E-state index is 0.0239. The molecule has 0 atom stereocenters. The van der Waals surface area contributed by atoms with E-state index in [9.17, 15) is 9.59 Å². The van der Waals surface area contributed by atoms with E-state index >= 15 is 0 Å². The molecule has 0 unspecified atom stereocenters. The fourth-order valence-corrected chi connectivity index (χ4v) is 5.08. The van der Waals surface area contributed by atoms with Crippen LogP contribution in [0.3, 0.4) is 0 Å². The Hall–Kier alpha value is -2.41. The second-order valence-corrected chi connectivity index (χ2v) is 9.29. The van der Waals surface area contributed by atoms with Crippen molar-refractivity contribution in [3.8, 4) is 17.0 Å². The molecule has 2 aliphatic rings. The topological polar surface area (TPSA) is 62.7 Å². The first-order valence-corrected chi connectivity index (χ1v) is 11.0. The number of fused-ring (bicyclic) bond motifs is 1. The molecule has 0 radical (unpaired) electrons. The first-order valence-electron chi connectivity index (χ1n) is 10.2. The highest BCUT2D eigenvalue weighted by molar-refractivity contribution is 7.11. The predicted molar refractivity (Wildman–Crippen MR) is 115 cm³/mol. The average Bonchev–Trinajstić information content (AvgIpc) is 3.07. The number of amides is 2. The zero-order chi connectivity index (χ0) is 20.5. The smallest absolute Gasteiger partial charge is 0.265 e. The van der Waals surface area contributed by atoms with Crippen LogP contribution in [-0.4, -0.2) is 47.9 Å². The van der Waals surface area contributed by atoms with Gasteiger partial charge in [0, 0.05) is 23.5 Å². The molecule has 0 N–H and O–H groups in total. The molecule has 1 aromatic carbocycles. The summed E-state index contributed by atoms with van der Waals surface area (Å²) in [5.41, 5.74) is 2.50. The van der Waals surface area contributed by atoms with E-state index in [0.29, 0.717) is 11.4 Å². The van der Waals surface area contributed by atoms with Crippen molar-refractivity contribution in [2.45, 2.75) is 52.0 Å². The highest BCUT2D eigenvalue weighted by Gasteiger charge is 2.31. The minimum Gasteiger partial charge on any atom is -0.482 e. The number of thiazole rings is 1. The molecule has 1 saturated carbocycles. The van der Waals surface area contributed by atoms with Crippen LogP contribution in [0, 0.1) is 13.8 Å². The number of hydrogen-bond acceptors (Lipinski definition) is 5. The third-order valence-corrected chi connectivity index (χ3v) is 6.77. The van der Waals surface area contributed by atoms with Crippen molar-refractivity contribution >= 4 is 28.8 Å². The lowest BCUT2D eigenvalue weighted by atomic mass is 9.94. The maximum absolute atomic E-state index is 13.0. The molecule has 1 aromatic heterocycles. The number of ether oxygens (including phenoxy) is 1. The number of likely N-dealkylation sites (N-methyl/N-ethyl adjacent to an activating group) is 1. The van der Waals surface area contributed by atoms with Crippen LogP contribution in [0.25, 0.3) is 11.3 Å². The Labute approximate surface area is 175 Å². The van der Waals surface area contributed by atoms with Crippen molar-refractivity contribution in [3.05, 3.63) is 28.1 Å². The SMILES string of the molecule is Cc1nc(-c2ccc3c(c2)N(CC(=O)N(C)C2CCCCC2)C(=O)CO3)c(C)s1. The summed E-state index contributed by atoms with van der Waals surface area (Å²) >= 11 is 1.65. The van der Waals surface area contributed by atoms with Crippen molar-refractivity contribution in [1.29, 1.82) is 0 Å². The van der Waals surface area contributed by atoms with Crippen LogP contribution in [0.1, 0.15) is 42.0 Å². The van der Waals surface area contributed by atoms with Crippen LogP contribution in [-0.2, 0) is 9.59 Å². The van der Waals surface area contributed by atoms with Crippen LogP contribution >= 0.6 is 11.3 Å². The van der Waals surface area contributed by atoms with Crippen molar-refractivity contribution in [2.24, 2.45) is 0 Å². The number of aryl methyl sites for hydroxylation is 2. The monoisotopic (exact) mass is 413 g/mol. The number of aromatic nitrogens is 1. The van der Waals surface area contributed by atoms with Gasteiger partial charge in [-0.3, -0.25) is 14.5 Å². The normalized spacial score (nSPS) is 17.1. The molecule has 2 heterocycles. The van der Waals surface area contributed by atoms with Crippen LogP contribution < -0.4 is 9.64 Å². The van der Waals surface area contributed by atoms with Gasteiger partial charge in [-0.2, -0.15) is 0 Å². The molecule has 7 heteroatoms. The van der Waals surface area contributed by atoms with Gasteiger partial charge >= 0.3 is 0 Å². The van der Waals surface area contributed by atoms with Crippen molar-refractivity contribution in [2.75, 3.05) is 25.1 Å². The lowest BCUT2D eigenvalue weighted by Gasteiger charge is -2.34. The van der Waals surface area contributed by atoms with E-state index in [2.05, 4.69) is 4.98 Å². The first-order chi connectivity index (χ1) is 13.9. The Kier molecular flexibility index (Phi) is 5.58. The number of carbonyl (C=O) groups is 2. The van der Waals surface area contributed by atoms with Gasteiger partial charge in [-0.15, -0.1) is 11.3 Å². The lowest BCUT2D eigenvalue weighted by Crippen LogP contribution is -2.48. The molecular weight excluding hydrogens is 386 g/mol. The standard InChI is InChI=1S/C22H27N3O3S/c1-14-22(23-15(2)29-14)16-9-10-19-18(11-16)25(21(27)13-28-19)12-20(26)24(3)17-7-5-4-6-8-17/h9-11,17H,4-8,12-13H2,1-3H3. The van der Waals surface area contributed by atoms with Crippen molar-refractivity contribution < 1.29 is 14.3 Å². The Bertz CT molecular complexity index is 933. The summed E-state index contributed by atoms with van der Waals surface area (Å²) < 4.78 is 5.62. The third kappa shape index (κ3) is 4.01. The van der Waals surface area contributed by atoms with Crippen molar-refractivity contribution in [3.63, 3.8) is 0 Å². The molecule has 1 aliphatic heterocycles. The van der Waals surface area contributed by atoms with E-state index in [1.165, 1.54) is 6.42 Å². The molecule has 2 amide bonds. The summed E-state index contributed by atoms with van der Waals surface area (Å²) in [7, 11) is 1.86. The molecule has 29 heavy (non-hydrogen) atoms. The summed E-state index contributed by atoms with van der Waals surface area (Å²) in [6.45, 7) is 4.03. The number of benzene rings is 1. The van der Waals surface area contributed by atoms with Crippen LogP contribution in [0.5, 0.6) is 5.75 Å². The van der Waals surface area contributed by atoms with E-state index in [1.807, 2.05) is 44.0 Å². The molecule has 0 bridgehead atoms. The molecule has 1 aliphatic carbocycles. The summed E-state index contributed by atoms with van der Waals surface area (Å²) in [6.07, 6.45) is 5.66. The van der Waals surface area contributed by atoms with Gasteiger partial charge in [-0.1, -0.05) is 19.3 Å². The molecule has 6 nitrogen and oxygen atoms in total. The maximum Gasteiger partial charge on any atom is 0.265 e. The molecule has 1 fully saturated rings. The first kappa shape index (κ1) is 19.9. The third-order valence-electron chi connectivity index (χ3n) is 5.89.